The molecule has 0 heterocycles. The topological polar surface area (TPSA) is 29.5 Å². The first-order valence-electron chi connectivity index (χ1n) is 11.8. The number of rotatable bonds is 19. The highest BCUT2D eigenvalue weighted by atomic mass is 16.5. The summed E-state index contributed by atoms with van der Waals surface area (Å²) in [5.74, 6) is 0.846. The van der Waals surface area contributed by atoms with E-state index in [-0.39, 0.29) is 6.61 Å². The summed E-state index contributed by atoms with van der Waals surface area (Å²) in [7, 11) is 0. The molecular weight excluding hydrogens is 344 g/mol. The number of aliphatic hydroxyl groups excluding tert-OH is 1. The van der Waals surface area contributed by atoms with E-state index in [2.05, 4.69) is 31.2 Å². The summed E-state index contributed by atoms with van der Waals surface area (Å²) >= 11 is 0. The van der Waals surface area contributed by atoms with Crippen LogP contribution >= 0.6 is 0 Å². The molecule has 0 bridgehead atoms. The largest absolute Gasteiger partial charge is 0.491 e. The lowest BCUT2D eigenvalue weighted by Crippen LogP contribution is -2.01. The molecular formula is C26H44O2. The van der Waals surface area contributed by atoms with Crippen molar-refractivity contribution in [2.45, 2.75) is 103 Å². The quantitative estimate of drug-likeness (QED) is 0.195. The van der Waals surface area contributed by atoms with Crippen LogP contribution in [-0.4, -0.2) is 18.3 Å². The number of unbranched alkanes of at least 4 members (excludes halogenated alkanes) is 12. The third kappa shape index (κ3) is 14.7. The Morgan fingerprint density at radius 3 is 1.82 bits per heavy atom. The van der Waals surface area contributed by atoms with Gasteiger partial charge < -0.3 is 9.84 Å². The van der Waals surface area contributed by atoms with Crippen LogP contribution in [0.15, 0.2) is 36.4 Å². The van der Waals surface area contributed by atoms with Crippen molar-refractivity contribution in [2.24, 2.45) is 0 Å². The van der Waals surface area contributed by atoms with E-state index in [0.717, 1.165) is 12.2 Å². The summed E-state index contributed by atoms with van der Waals surface area (Å²) < 4.78 is 5.39. The second-order valence-corrected chi connectivity index (χ2v) is 7.90. The van der Waals surface area contributed by atoms with E-state index in [4.69, 9.17) is 9.84 Å². The molecule has 0 saturated heterocycles. The van der Waals surface area contributed by atoms with Crippen molar-refractivity contribution >= 4 is 0 Å². The molecule has 1 aromatic rings. The second kappa shape index (κ2) is 19.1. The van der Waals surface area contributed by atoms with Crippen LogP contribution in [0.2, 0.25) is 0 Å². The molecule has 28 heavy (non-hydrogen) atoms. The van der Waals surface area contributed by atoms with Crippen LogP contribution in [0.3, 0.4) is 0 Å². The SMILES string of the molecule is CCCCCCCC/C=C/CCCCCCCCc1ccc(OCCO)cc1. The molecule has 0 radical (unpaired) electrons. The molecule has 0 fully saturated rings. The van der Waals surface area contributed by atoms with Crippen molar-refractivity contribution < 1.29 is 9.84 Å². The summed E-state index contributed by atoms with van der Waals surface area (Å²) in [6, 6.07) is 8.30. The zero-order valence-corrected chi connectivity index (χ0v) is 18.3. The van der Waals surface area contributed by atoms with Crippen LogP contribution in [0.1, 0.15) is 102 Å². The fraction of sp³-hybridized carbons (Fsp3) is 0.692. The third-order valence-electron chi connectivity index (χ3n) is 5.26. The van der Waals surface area contributed by atoms with Crippen LogP contribution < -0.4 is 4.74 Å². The van der Waals surface area contributed by atoms with Gasteiger partial charge in [0.2, 0.25) is 0 Å². The molecule has 0 saturated carbocycles. The Morgan fingerprint density at radius 2 is 1.25 bits per heavy atom. The van der Waals surface area contributed by atoms with Crippen LogP contribution in [0.25, 0.3) is 0 Å². The van der Waals surface area contributed by atoms with Gasteiger partial charge in [-0.15, -0.1) is 0 Å². The predicted octanol–water partition coefficient (Wildman–Crippen LogP) is 7.64. The molecule has 0 spiro atoms. The Morgan fingerprint density at radius 1 is 0.714 bits per heavy atom. The van der Waals surface area contributed by atoms with Crippen LogP contribution in [0.4, 0.5) is 0 Å². The zero-order chi connectivity index (χ0) is 20.1. The Hall–Kier alpha value is -1.28. The molecule has 1 N–H and O–H groups in total. The fourth-order valence-corrected chi connectivity index (χ4v) is 3.49. The Labute approximate surface area is 174 Å². The van der Waals surface area contributed by atoms with E-state index in [0.29, 0.717) is 6.61 Å². The smallest absolute Gasteiger partial charge is 0.119 e. The number of benzene rings is 1. The van der Waals surface area contributed by atoms with Crippen molar-refractivity contribution in [3.05, 3.63) is 42.0 Å². The molecule has 160 valence electrons. The molecule has 2 heteroatoms. The highest BCUT2D eigenvalue weighted by molar-refractivity contribution is 5.27. The molecule has 0 aliphatic rings. The Kier molecular flexibility index (Phi) is 16.8. The van der Waals surface area contributed by atoms with Gasteiger partial charge in [0.25, 0.3) is 0 Å². The summed E-state index contributed by atoms with van der Waals surface area (Å²) in [5, 5.41) is 8.76. The maximum absolute atomic E-state index is 8.76. The summed E-state index contributed by atoms with van der Waals surface area (Å²) in [6.07, 6.45) is 24.9. The highest BCUT2D eigenvalue weighted by Gasteiger charge is 1.97. The molecule has 0 aliphatic carbocycles. The summed E-state index contributed by atoms with van der Waals surface area (Å²) in [6.45, 7) is 2.71. The predicted molar refractivity (Wildman–Crippen MR) is 122 cm³/mol. The van der Waals surface area contributed by atoms with Crippen LogP contribution in [-0.2, 0) is 6.42 Å². The van der Waals surface area contributed by atoms with Gasteiger partial charge in [-0.25, -0.2) is 0 Å². The van der Waals surface area contributed by atoms with E-state index in [1.54, 1.807) is 0 Å². The summed E-state index contributed by atoms with van der Waals surface area (Å²) in [5.41, 5.74) is 1.38. The van der Waals surface area contributed by atoms with Gasteiger partial charge >= 0.3 is 0 Å². The first-order chi connectivity index (χ1) is 13.9. The van der Waals surface area contributed by atoms with E-state index < -0.39 is 0 Å². The molecule has 0 amide bonds. The number of allylic oxidation sites excluding steroid dienone is 2. The number of ether oxygens (including phenoxy) is 1. The minimum absolute atomic E-state index is 0.0667. The molecule has 1 aromatic carbocycles. The van der Waals surface area contributed by atoms with Gasteiger partial charge in [-0.3, -0.25) is 0 Å². The lowest BCUT2D eigenvalue weighted by atomic mass is 10.0. The van der Waals surface area contributed by atoms with E-state index in [1.165, 1.54) is 95.5 Å². The van der Waals surface area contributed by atoms with Gasteiger partial charge in [0.15, 0.2) is 0 Å². The van der Waals surface area contributed by atoms with Crippen LogP contribution in [0.5, 0.6) is 5.75 Å². The Bertz CT molecular complexity index is 464. The maximum Gasteiger partial charge on any atom is 0.119 e. The van der Waals surface area contributed by atoms with Crippen LogP contribution in [0, 0.1) is 0 Å². The van der Waals surface area contributed by atoms with Crippen molar-refractivity contribution in [1.29, 1.82) is 0 Å². The normalized spacial score (nSPS) is 11.4. The molecule has 0 aliphatic heterocycles. The van der Waals surface area contributed by atoms with Gasteiger partial charge in [0.05, 0.1) is 6.61 Å². The monoisotopic (exact) mass is 388 g/mol. The molecule has 0 aromatic heterocycles. The van der Waals surface area contributed by atoms with Gasteiger partial charge in [0.1, 0.15) is 12.4 Å². The third-order valence-corrected chi connectivity index (χ3v) is 5.26. The van der Waals surface area contributed by atoms with Gasteiger partial charge in [-0.2, -0.15) is 0 Å². The number of hydrogen-bond acceptors (Lipinski definition) is 2. The summed E-state index contributed by atoms with van der Waals surface area (Å²) in [4.78, 5) is 0. The number of aryl methyl sites for hydroxylation is 1. The minimum atomic E-state index is 0.0667. The van der Waals surface area contributed by atoms with Crippen molar-refractivity contribution in [2.75, 3.05) is 13.2 Å². The Balaban J connectivity index is 1.85. The zero-order valence-electron chi connectivity index (χ0n) is 18.3. The van der Waals surface area contributed by atoms with E-state index >= 15 is 0 Å². The standard InChI is InChI=1S/C26H44O2/c1-2-3-4-5-6-7-8-9-10-11-12-13-14-15-16-17-18-25-19-21-26(22-20-25)28-24-23-27/h9-10,19-22,27H,2-8,11-18,23-24H2,1H3/b10-9+. The molecule has 0 atom stereocenters. The van der Waals surface area contributed by atoms with Gasteiger partial charge in [-0.1, -0.05) is 89.0 Å². The van der Waals surface area contributed by atoms with Gasteiger partial charge in [-0.05, 0) is 56.2 Å². The maximum atomic E-state index is 8.76. The van der Waals surface area contributed by atoms with Gasteiger partial charge in [0, 0.05) is 0 Å². The average Bonchev–Trinajstić information content (AvgIpc) is 2.73. The first kappa shape index (κ1) is 24.8. The van der Waals surface area contributed by atoms with E-state index in [9.17, 15) is 0 Å². The lowest BCUT2D eigenvalue weighted by molar-refractivity contribution is 0.201. The van der Waals surface area contributed by atoms with Crippen molar-refractivity contribution in [3.8, 4) is 5.75 Å². The minimum Gasteiger partial charge on any atom is -0.491 e. The fourth-order valence-electron chi connectivity index (χ4n) is 3.49. The highest BCUT2D eigenvalue weighted by Crippen LogP contribution is 2.15. The second-order valence-electron chi connectivity index (χ2n) is 7.90. The van der Waals surface area contributed by atoms with E-state index in [1.807, 2.05) is 12.1 Å². The van der Waals surface area contributed by atoms with Crippen molar-refractivity contribution in [1.82, 2.24) is 0 Å². The molecule has 0 unspecified atom stereocenters. The number of hydrogen-bond donors (Lipinski definition) is 1. The number of aliphatic hydroxyl groups is 1. The lowest BCUT2D eigenvalue weighted by Gasteiger charge is -2.06. The average molecular weight is 389 g/mol. The molecule has 2 nitrogen and oxygen atoms in total. The first-order valence-corrected chi connectivity index (χ1v) is 11.8. The van der Waals surface area contributed by atoms with Crippen molar-refractivity contribution in [3.63, 3.8) is 0 Å². The molecule has 1 rings (SSSR count).